The van der Waals surface area contributed by atoms with Crippen molar-refractivity contribution in [3.63, 3.8) is 0 Å². The standard InChI is InChI=1S/C15H21NO3/c1-12(17)11-16-9-5-8-15(16,14(18)19)10-13-6-3-2-4-7-13/h2-4,6-7,12,17H,5,8-11H2,1H3,(H,18,19)/t12?,15-/m1/s1. The number of nitrogens with zero attached hydrogens (tertiary/aromatic N) is 1. The van der Waals surface area contributed by atoms with E-state index >= 15 is 0 Å². The SMILES string of the molecule is CC(O)CN1CCC[C@@]1(Cc1ccccc1)C(=O)O. The van der Waals surface area contributed by atoms with Crippen LogP contribution in [0.1, 0.15) is 25.3 Å². The first-order valence-electron chi connectivity index (χ1n) is 6.75. The summed E-state index contributed by atoms with van der Waals surface area (Å²) in [5, 5.41) is 19.2. The van der Waals surface area contributed by atoms with Crippen LogP contribution in [-0.4, -0.2) is 45.8 Å². The third-order valence-electron chi connectivity index (χ3n) is 3.85. The number of rotatable bonds is 5. The Morgan fingerprint density at radius 3 is 2.68 bits per heavy atom. The van der Waals surface area contributed by atoms with Gasteiger partial charge >= 0.3 is 5.97 Å². The van der Waals surface area contributed by atoms with Gasteiger partial charge in [-0.25, -0.2) is 0 Å². The van der Waals surface area contributed by atoms with E-state index in [2.05, 4.69) is 0 Å². The van der Waals surface area contributed by atoms with Crippen molar-refractivity contribution < 1.29 is 15.0 Å². The molecule has 2 N–H and O–H groups in total. The van der Waals surface area contributed by atoms with Crippen LogP contribution >= 0.6 is 0 Å². The Labute approximate surface area is 113 Å². The first-order valence-corrected chi connectivity index (χ1v) is 6.75. The number of carboxylic acid groups (broad SMARTS) is 1. The molecule has 0 saturated carbocycles. The fraction of sp³-hybridized carbons (Fsp3) is 0.533. The highest BCUT2D eigenvalue weighted by molar-refractivity contribution is 5.79. The van der Waals surface area contributed by atoms with Crippen LogP contribution in [0.4, 0.5) is 0 Å². The van der Waals surface area contributed by atoms with E-state index in [1.54, 1.807) is 6.92 Å². The molecule has 1 aromatic carbocycles. The average molecular weight is 263 g/mol. The van der Waals surface area contributed by atoms with E-state index in [-0.39, 0.29) is 0 Å². The molecule has 1 aromatic rings. The van der Waals surface area contributed by atoms with Crippen LogP contribution in [0, 0.1) is 0 Å². The lowest BCUT2D eigenvalue weighted by molar-refractivity contribution is -0.150. The molecule has 0 aromatic heterocycles. The number of likely N-dealkylation sites (tertiary alicyclic amines) is 1. The lowest BCUT2D eigenvalue weighted by Crippen LogP contribution is -2.54. The minimum absolute atomic E-state index is 0.416. The molecule has 4 nitrogen and oxygen atoms in total. The van der Waals surface area contributed by atoms with Gasteiger partial charge in [0.15, 0.2) is 0 Å². The summed E-state index contributed by atoms with van der Waals surface area (Å²) in [5.41, 5.74) is 0.167. The molecule has 0 aliphatic carbocycles. The maximum Gasteiger partial charge on any atom is 0.324 e. The molecule has 4 heteroatoms. The third-order valence-corrected chi connectivity index (χ3v) is 3.85. The van der Waals surface area contributed by atoms with Gasteiger partial charge in [0.1, 0.15) is 5.54 Å². The topological polar surface area (TPSA) is 60.8 Å². The first kappa shape index (κ1) is 14.0. The van der Waals surface area contributed by atoms with Gasteiger partial charge in [0.2, 0.25) is 0 Å². The largest absolute Gasteiger partial charge is 0.480 e. The summed E-state index contributed by atoms with van der Waals surface area (Å²) in [6.07, 6.45) is 1.50. The lowest BCUT2D eigenvalue weighted by atomic mass is 9.88. The molecular weight excluding hydrogens is 242 g/mol. The van der Waals surface area contributed by atoms with E-state index in [0.717, 1.165) is 18.5 Å². The van der Waals surface area contributed by atoms with Gasteiger partial charge in [0, 0.05) is 13.0 Å². The second-order valence-electron chi connectivity index (χ2n) is 5.40. The smallest absolute Gasteiger partial charge is 0.324 e. The second-order valence-corrected chi connectivity index (χ2v) is 5.40. The highest BCUT2D eigenvalue weighted by Crippen LogP contribution is 2.33. The number of carboxylic acids is 1. The highest BCUT2D eigenvalue weighted by atomic mass is 16.4. The van der Waals surface area contributed by atoms with Gasteiger partial charge in [-0.3, -0.25) is 9.69 Å². The number of β-amino-alcohol motifs (C(OH)–C–C–N with tert-alkyl or cyclic N) is 1. The van der Waals surface area contributed by atoms with Crippen LogP contribution in [0.15, 0.2) is 30.3 Å². The molecular formula is C15H21NO3. The Morgan fingerprint density at radius 2 is 2.11 bits per heavy atom. The van der Waals surface area contributed by atoms with Crippen LogP contribution in [0.2, 0.25) is 0 Å². The number of aliphatic hydroxyl groups is 1. The summed E-state index contributed by atoms with van der Waals surface area (Å²) in [7, 11) is 0. The van der Waals surface area contributed by atoms with E-state index < -0.39 is 17.6 Å². The monoisotopic (exact) mass is 263 g/mol. The zero-order chi connectivity index (χ0) is 13.9. The fourth-order valence-corrected chi connectivity index (χ4v) is 2.97. The summed E-state index contributed by atoms with van der Waals surface area (Å²) in [4.78, 5) is 13.7. The molecule has 1 aliphatic heterocycles. The zero-order valence-corrected chi connectivity index (χ0v) is 11.2. The Kier molecular flexibility index (Phi) is 4.22. The Hall–Kier alpha value is -1.39. The Balaban J connectivity index is 2.24. The molecule has 1 fully saturated rings. The van der Waals surface area contributed by atoms with E-state index in [1.165, 1.54) is 0 Å². The zero-order valence-electron chi connectivity index (χ0n) is 11.2. The molecule has 0 radical (unpaired) electrons. The van der Waals surface area contributed by atoms with Crippen molar-refractivity contribution in [2.75, 3.05) is 13.1 Å². The van der Waals surface area contributed by atoms with Gasteiger partial charge in [-0.15, -0.1) is 0 Å². The lowest BCUT2D eigenvalue weighted by Gasteiger charge is -2.35. The van der Waals surface area contributed by atoms with Gasteiger partial charge in [-0.05, 0) is 31.9 Å². The van der Waals surface area contributed by atoms with Crippen molar-refractivity contribution in [1.29, 1.82) is 0 Å². The molecule has 1 heterocycles. The molecule has 1 aliphatic rings. The average Bonchev–Trinajstić information content (AvgIpc) is 2.74. The molecule has 1 unspecified atom stereocenters. The van der Waals surface area contributed by atoms with Crippen molar-refractivity contribution in [3.8, 4) is 0 Å². The summed E-state index contributed by atoms with van der Waals surface area (Å²) in [5.74, 6) is -0.783. The summed E-state index contributed by atoms with van der Waals surface area (Å²) in [6, 6.07) is 9.71. The van der Waals surface area contributed by atoms with Crippen molar-refractivity contribution in [3.05, 3.63) is 35.9 Å². The number of benzene rings is 1. The number of aliphatic hydroxyl groups excluding tert-OH is 1. The molecule has 0 bridgehead atoms. The summed E-state index contributed by atoms with van der Waals surface area (Å²) < 4.78 is 0. The molecule has 0 spiro atoms. The predicted molar refractivity (Wildman–Crippen MR) is 73.0 cm³/mol. The van der Waals surface area contributed by atoms with E-state index in [9.17, 15) is 15.0 Å². The van der Waals surface area contributed by atoms with E-state index in [4.69, 9.17) is 0 Å². The van der Waals surface area contributed by atoms with Gasteiger partial charge in [-0.1, -0.05) is 30.3 Å². The van der Waals surface area contributed by atoms with Gasteiger partial charge < -0.3 is 10.2 Å². The number of aliphatic carboxylic acids is 1. The maximum absolute atomic E-state index is 11.8. The first-order chi connectivity index (χ1) is 9.04. The van der Waals surface area contributed by atoms with Crippen LogP contribution in [0.3, 0.4) is 0 Å². The van der Waals surface area contributed by atoms with E-state index in [0.29, 0.717) is 19.4 Å². The Morgan fingerprint density at radius 1 is 1.42 bits per heavy atom. The fourth-order valence-electron chi connectivity index (χ4n) is 2.97. The van der Waals surface area contributed by atoms with Crippen molar-refractivity contribution >= 4 is 5.97 Å². The molecule has 0 amide bonds. The minimum atomic E-state index is -0.863. The quantitative estimate of drug-likeness (QED) is 0.845. The molecule has 2 rings (SSSR count). The number of hydrogen-bond acceptors (Lipinski definition) is 3. The summed E-state index contributed by atoms with van der Waals surface area (Å²) >= 11 is 0. The van der Waals surface area contributed by atoms with E-state index in [1.807, 2.05) is 35.2 Å². The van der Waals surface area contributed by atoms with Crippen LogP contribution in [0.5, 0.6) is 0 Å². The maximum atomic E-state index is 11.8. The summed E-state index contributed by atoms with van der Waals surface area (Å²) in [6.45, 7) is 2.86. The second kappa shape index (κ2) is 5.72. The van der Waals surface area contributed by atoms with Gasteiger partial charge in [-0.2, -0.15) is 0 Å². The van der Waals surface area contributed by atoms with Crippen LogP contribution in [0.25, 0.3) is 0 Å². The molecule has 1 saturated heterocycles. The van der Waals surface area contributed by atoms with Gasteiger partial charge in [0.25, 0.3) is 0 Å². The normalized spacial score (nSPS) is 25.4. The number of carbonyl (C=O) groups is 1. The Bertz CT molecular complexity index is 432. The molecule has 104 valence electrons. The highest BCUT2D eigenvalue weighted by Gasteiger charge is 2.47. The number of hydrogen-bond donors (Lipinski definition) is 2. The predicted octanol–water partition coefficient (Wildman–Crippen LogP) is 1.53. The van der Waals surface area contributed by atoms with Crippen LogP contribution in [-0.2, 0) is 11.2 Å². The van der Waals surface area contributed by atoms with Crippen LogP contribution < -0.4 is 0 Å². The van der Waals surface area contributed by atoms with Gasteiger partial charge in [0.05, 0.1) is 6.10 Å². The van der Waals surface area contributed by atoms with Crippen molar-refractivity contribution in [2.45, 2.75) is 37.8 Å². The van der Waals surface area contributed by atoms with Crippen molar-refractivity contribution in [2.24, 2.45) is 0 Å². The third kappa shape index (κ3) is 2.96. The molecule has 2 atom stereocenters. The van der Waals surface area contributed by atoms with Crippen molar-refractivity contribution in [1.82, 2.24) is 4.90 Å². The molecule has 19 heavy (non-hydrogen) atoms. The minimum Gasteiger partial charge on any atom is -0.480 e.